The number of ether oxygens (including phenoxy) is 2. The van der Waals surface area contributed by atoms with E-state index >= 15 is 0 Å². The van der Waals surface area contributed by atoms with Crippen molar-refractivity contribution in [1.82, 2.24) is 9.80 Å². The molecule has 0 amide bonds. The Hall–Kier alpha value is -1.40. The monoisotopic (exact) mass is 286 g/mol. The standard InChI is InChI=1S/C14H26N2O4/c1-11(15(3)4)9-19-13(17)7-8-14(18)20-10-12(2)16(5)6/h7-8,11-12H,9-10H2,1-6H3/b8-7-. The highest BCUT2D eigenvalue weighted by molar-refractivity contribution is 5.91. The van der Waals surface area contributed by atoms with E-state index in [1.165, 1.54) is 0 Å². The molecule has 2 atom stereocenters. The van der Waals surface area contributed by atoms with Gasteiger partial charge >= 0.3 is 11.9 Å². The molecule has 0 aliphatic heterocycles. The summed E-state index contributed by atoms with van der Waals surface area (Å²) in [5.41, 5.74) is 0. The van der Waals surface area contributed by atoms with E-state index in [1.54, 1.807) is 0 Å². The minimum Gasteiger partial charge on any atom is -0.461 e. The molecule has 0 spiro atoms. The van der Waals surface area contributed by atoms with E-state index in [9.17, 15) is 9.59 Å². The lowest BCUT2D eigenvalue weighted by Crippen LogP contribution is -2.30. The van der Waals surface area contributed by atoms with E-state index < -0.39 is 11.9 Å². The highest BCUT2D eigenvalue weighted by atomic mass is 16.5. The number of hydrogen-bond acceptors (Lipinski definition) is 6. The Morgan fingerprint density at radius 3 is 1.40 bits per heavy atom. The van der Waals surface area contributed by atoms with Crippen LogP contribution in [0.1, 0.15) is 13.8 Å². The second kappa shape index (κ2) is 9.50. The van der Waals surface area contributed by atoms with E-state index in [-0.39, 0.29) is 25.3 Å². The van der Waals surface area contributed by atoms with Crippen molar-refractivity contribution in [3.05, 3.63) is 12.2 Å². The number of esters is 2. The normalized spacial score (nSPS) is 14.6. The Kier molecular flexibility index (Phi) is 8.83. The maximum absolute atomic E-state index is 11.4. The molecular formula is C14H26N2O4. The first-order valence-electron chi connectivity index (χ1n) is 6.58. The van der Waals surface area contributed by atoms with E-state index in [0.29, 0.717) is 0 Å². The number of nitrogens with zero attached hydrogens (tertiary/aromatic N) is 2. The van der Waals surface area contributed by atoms with Crippen molar-refractivity contribution in [2.24, 2.45) is 0 Å². The number of rotatable bonds is 8. The summed E-state index contributed by atoms with van der Waals surface area (Å²) < 4.78 is 9.99. The fourth-order valence-electron chi connectivity index (χ4n) is 0.936. The van der Waals surface area contributed by atoms with Crippen LogP contribution in [0.4, 0.5) is 0 Å². The number of carbonyl (C=O) groups is 2. The number of likely N-dealkylation sites (N-methyl/N-ethyl adjacent to an activating group) is 2. The van der Waals surface area contributed by atoms with Crippen LogP contribution in [0.5, 0.6) is 0 Å². The predicted molar refractivity (Wildman–Crippen MR) is 77.4 cm³/mol. The van der Waals surface area contributed by atoms with Crippen molar-refractivity contribution in [3.8, 4) is 0 Å². The van der Waals surface area contributed by atoms with Gasteiger partial charge in [0, 0.05) is 24.2 Å². The van der Waals surface area contributed by atoms with Crippen LogP contribution >= 0.6 is 0 Å². The Morgan fingerprint density at radius 2 is 1.15 bits per heavy atom. The lowest BCUT2D eigenvalue weighted by molar-refractivity contribution is -0.141. The Morgan fingerprint density at radius 1 is 0.850 bits per heavy atom. The van der Waals surface area contributed by atoms with Crippen LogP contribution < -0.4 is 0 Å². The van der Waals surface area contributed by atoms with Gasteiger partial charge in [-0.05, 0) is 42.0 Å². The van der Waals surface area contributed by atoms with Crippen molar-refractivity contribution in [2.45, 2.75) is 25.9 Å². The van der Waals surface area contributed by atoms with Gasteiger partial charge in [0.2, 0.25) is 0 Å². The van der Waals surface area contributed by atoms with Crippen LogP contribution in [0.25, 0.3) is 0 Å². The molecule has 0 bridgehead atoms. The first kappa shape index (κ1) is 18.6. The van der Waals surface area contributed by atoms with Gasteiger partial charge in [-0.1, -0.05) is 0 Å². The third-order valence-corrected chi connectivity index (χ3v) is 3.05. The molecule has 0 aromatic heterocycles. The van der Waals surface area contributed by atoms with Gasteiger partial charge in [0.15, 0.2) is 0 Å². The van der Waals surface area contributed by atoms with Gasteiger partial charge in [-0.15, -0.1) is 0 Å². The fraction of sp³-hybridized carbons (Fsp3) is 0.714. The minimum absolute atomic E-state index is 0.125. The zero-order chi connectivity index (χ0) is 15.7. The summed E-state index contributed by atoms with van der Waals surface area (Å²) in [5.74, 6) is -1.09. The van der Waals surface area contributed by atoms with E-state index in [2.05, 4.69) is 0 Å². The molecule has 2 unspecified atom stereocenters. The summed E-state index contributed by atoms with van der Waals surface area (Å²) >= 11 is 0. The molecule has 0 N–H and O–H groups in total. The maximum Gasteiger partial charge on any atom is 0.331 e. The average Bonchev–Trinajstić information content (AvgIpc) is 2.39. The first-order chi connectivity index (χ1) is 9.23. The van der Waals surface area contributed by atoms with Gasteiger partial charge in [0.1, 0.15) is 13.2 Å². The molecule has 6 heteroatoms. The predicted octanol–water partition coefficient (Wildman–Crippen LogP) is 0.529. The van der Waals surface area contributed by atoms with Crippen LogP contribution in [0.3, 0.4) is 0 Å². The summed E-state index contributed by atoms with van der Waals surface area (Å²) in [6.07, 6.45) is 2.18. The van der Waals surface area contributed by atoms with E-state index in [1.807, 2.05) is 51.8 Å². The number of carbonyl (C=O) groups excluding carboxylic acids is 2. The quantitative estimate of drug-likeness (QED) is 0.479. The van der Waals surface area contributed by atoms with Crippen molar-refractivity contribution in [3.63, 3.8) is 0 Å². The first-order valence-corrected chi connectivity index (χ1v) is 6.58. The van der Waals surface area contributed by atoms with Crippen LogP contribution in [0.2, 0.25) is 0 Å². The summed E-state index contributed by atoms with van der Waals surface area (Å²) in [7, 11) is 7.60. The summed E-state index contributed by atoms with van der Waals surface area (Å²) in [5, 5.41) is 0. The lowest BCUT2D eigenvalue weighted by Gasteiger charge is -2.19. The average molecular weight is 286 g/mol. The van der Waals surface area contributed by atoms with Crippen molar-refractivity contribution < 1.29 is 19.1 Å². The molecule has 0 aromatic rings. The molecular weight excluding hydrogens is 260 g/mol. The van der Waals surface area contributed by atoms with Crippen molar-refractivity contribution >= 4 is 11.9 Å². The second-order valence-corrected chi connectivity index (χ2v) is 5.22. The van der Waals surface area contributed by atoms with Gasteiger partial charge < -0.3 is 19.3 Å². The minimum atomic E-state index is -0.545. The highest BCUT2D eigenvalue weighted by Gasteiger charge is 2.09. The lowest BCUT2D eigenvalue weighted by atomic mass is 10.3. The molecule has 0 rings (SSSR count). The molecule has 0 aliphatic rings. The maximum atomic E-state index is 11.4. The second-order valence-electron chi connectivity index (χ2n) is 5.22. The molecule has 116 valence electrons. The smallest absolute Gasteiger partial charge is 0.331 e. The Balaban J connectivity index is 3.97. The fourth-order valence-corrected chi connectivity index (χ4v) is 0.936. The van der Waals surface area contributed by atoms with Gasteiger partial charge in [0.05, 0.1) is 0 Å². The topological polar surface area (TPSA) is 59.1 Å². The van der Waals surface area contributed by atoms with E-state index in [4.69, 9.17) is 9.47 Å². The van der Waals surface area contributed by atoms with Gasteiger partial charge in [-0.25, -0.2) is 9.59 Å². The molecule has 0 saturated heterocycles. The van der Waals surface area contributed by atoms with Crippen LogP contribution in [0, 0.1) is 0 Å². The summed E-state index contributed by atoms with van der Waals surface area (Å²) in [4.78, 5) is 26.6. The molecule has 0 radical (unpaired) electrons. The molecule has 0 fully saturated rings. The van der Waals surface area contributed by atoms with Gasteiger partial charge in [0.25, 0.3) is 0 Å². The third-order valence-electron chi connectivity index (χ3n) is 3.05. The molecule has 6 nitrogen and oxygen atoms in total. The molecule has 0 aromatic carbocycles. The van der Waals surface area contributed by atoms with Gasteiger partial charge in [-0.2, -0.15) is 0 Å². The van der Waals surface area contributed by atoms with Crippen LogP contribution in [-0.4, -0.2) is 75.2 Å². The van der Waals surface area contributed by atoms with E-state index in [0.717, 1.165) is 12.2 Å². The van der Waals surface area contributed by atoms with Crippen LogP contribution in [-0.2, 0) is 19.1 Å². The highest BCUT2D eigenvalue weighted by Crippen LogP contribution is 1.95. The zero-order valence-corrected chi connectivity index (χ0v) is 13.3. The van der Waals surface area contributed by atoms with Crippen LogP contribution in [0.15, 0.2) is 12.2 Å². The summed E-state index contributed by atoms with van der Waals surface area (Å²) in [6.45, 7) is 4.44. The van der Waals surface area contributed by atoms with Gasteiger partial charge in [-0.3, -0.25) is 0 Å². The summed E-state index contributed by atoms with van der Waals surface area (Å²) in [6, 6.07) is 0.250. The number of hydrogen-bond donors (Lipinski definition) is 0. The Bertz CT molecular complexity index is 308. The Labute approximate surface area is 121 Å². The third kappa shape index (κ3) is 8.66. The SMILES string of the molecule is CC(COC(=O)/C=C\C(=O)OCC(C)N(C)C)N(C)C. The zero-order valence-electron chi connectivity index (χ0n) is 13.3. The molecule has 20 heavy (non-hydrogen) atoms. The molecule has 0 heterocycles. The molecule has 0 saturated carbocycles. The largest absolute Gasteiger partial charge is 0.461 e. The van der Waals surface area contributed by atoms with Crippen molar-refractivity contribution in [2.75, 3.05) is 41.4 Å². The van der Waals surface area contributed by atoms with Crippen molar-refractivity contribution in [1.29, 1.82) is 0 Å². The molecule has 0 aliphatic carbocycles.